The highest BCUT2D eigenvalue weighted by atomic mass is 32.1. The van der Waals surface area contributed by atoms with Crippen LogP contribution in [0.5, 0.6) is 0 Å². The molecular formula is C17H18N2S. The van der Waals surface area contributed by atoms with Gasteiger partial charge in [-0.1, -0.05) is 42.0 Å². The molecule has 0 spiro atoms. The number of likely N-dealkylation sites (N-methyl/N-ethyl adjacent to an activating group) is 1. The molecule has 0 aliphatic carbocycles. The second-order valence-electron chi connectivity index (χ2n) is 5.05. The average molecular weight is 282 g/mol. The van der Waals surface area contributed by atoms with Gasteiger partial charge in [-0.2, -0.15) is 0 Å². The maximum absolute atomic E-state index is 4.75. The largest absolute Gasteiger partial charge is 0.311 e. The third kappa shape index (κ3) is 2.74. The van der Waals surface area contributed by atoms with Crippen LogP contribution in [0, 0.1) is 6.92 Å². The van der Waals surface area contributed by atoms with E-state index in [4.69, 9.17) is 4.98 Å². The number of nitrogens with one attached hydrogen (secondary N) is 1. The van der Waals surface area contributed by atoms with Crippen LogP contribution in [0.15, 0.2) is 48.5 Å². The third-order valence-electron chi connectivity index (χ3n) is 3.52. The molecule has 2 aromatic carbocycles. The standard InChI is InChI=1S/C17H18N2S/c1-12-7-9-13(10-8-12)11-15(18-2)17-19-14-5-3-4-6-16(14)20-17/h3-10,15,18H,11H2,1-2H3. The first kappa shape index (κ1) is 13.3. The van der Waals surface area contributed by atoms with Crippen molar-refractivity contribution in [3.63, 3.8) is 0 Å². The molecule has 20 heavy (non-hydrogen) atoms. The number of aromatic nitrogens is 1. The fourth-order valence-corrected chi connectivity index (χ4v) is 3.39. The molecule has 1 N–H and O–H groups in total. The van der Waals surface area contributed by atoms with Crippen LogP contribution in [-0.2, 0) is 6.42 Å². The van der Waals surface area contributed by atoms with E-state index < -0.39 is 0 Å². The quantitative estimate of drug-likeness (QED) is 0.779. The van der Waals surface area contributed by atoms with Gasteiger partial charge in [0, 0.05) is 0 Å². The molecule has 0 radical (unpaired) electrons. The summed E-state index contributed by atoms with van der Waals surface area (Å²) in [4.78, 5) is 4.75. The molecule has 1 atom stereocenters. The van der Waals surface area contributed by atoms with Gasteiger partial charge < -0.3 is 5.32 Å². The van der Waals surface area contributed by atoms with Crippen molar-refractivity contribution >= 4 is 21.6 Å². The van der Waals surface area contributed by atoms with Crippen LogP contribution in [0.25, 0.3) is 10.2 Å². The van der Waals surface area contributed by atoms with Gasteiger partial charge in [0.15, 0.2) is 0 Å². The molecule has 2 nitrogen and oxygen atoms in total. The minimum atomic E-state index is 0.273. The third-order valence-corrected chi connectivity index (χ3v) is 4.67. The topological polar surface area (TPSA) is 24.9 Å². The molecule has 3 rings (SSSR count). The van der Waals surface area contributed by atoms with Crippen molar-refractivity contribution in [3.8, 4) is 0 Å². The number of aryl methyl sites for hydroxylation is 1. The zero-order valence-corrected chi connectivity index (χ0v) is 12.6. The van der Waals surface area contributed by atoms with Crippen LogP contribution in [0.4, 0.5) is 0 Å². The van der Waals surface area contributed by atoms with Crippen LogP contribution in [0.2, 0.25) is 0 Å². The summed E-state index contributed by atoms with van der Waals surface area (Å²) in [5.74, 6) is 0. The van der Waals surface area contributed by atoms with E-state index >= 15 is 0 Å². The van der Waals surface area contributed by atoms with E-state index in [1.807, 2.05) is 13.1 Å². The molecule has 1 heterocycles. The summed E-state index contributed by atoms with van der Waals surface area (Å²) in [6, 6.07) is 17.3. The second-order valence-corrected chi connectivity index (χ2v) is 6.11. The smallest absolute Gasteiger partial charge is 0.111 e. The predicted molar refractivity (Wildman–Crippen MR) is 86.3 cm³/mol. The molecule has 3 aromatic rings. The maximum Gasteiger partial charge on any atom is 0.111 e. The molecule has 3 heteroatoms. The van der Waals surface area contributed by atoms with Gasteiger partial charge in [0.1, 0.15) is 5.01 Å². The number of thiazole rings is 1. The Hall–Kier alpha value is -1.71. The fourth-order valence-electron chi connectivity index (χ4n) is 2.31. The van der Waals surface area contributed by atoms with Crippen LogP contribution >= 0.6 is 11.3 Å². The molecule has 0 saturated carbocycles. The van der Waals surface area contributed by atoms with Crippen molar-refractivity contribution in [1.29, 1.82) is 0 Å². The van der Waals surface area contributed by atoms with Gasteiger partial charge in [-0.15, -0.1) is 11.3 Å². The summed E-state index contributed by atoms with van der Waals surface area (Å²) in [5.41, 5.74) is 3.74. The van der Waals surface area contributed by atoms with E-state index in [9.17, 15) is 0 Å². The lowest BCUT2D eigenvalue weighted by atomic mass is 10.1. The molecule has 0 fully saturated rings. The number of fused-ring (bicyclic) bond motifs is 1. The molecular weight excluding hydrogens is 264 g/mol. The minimum Gasteiger partial charge on any atom is -0.311 e. The van der Waals surface area contributed by atoms with Crippen molar-refractivity contribution in [3.05, 3.63) is 64.7 Å². The summed E-state index contributed by atoms with van der Waals surface area (Å²) < 4.78 is 1.26. The zero-order chi connectivity index (χ0) is 13.9. The van der Waals surface area contributed by atoms with E-state index in [-0.39, 0.29) is 6.04 Å². The molecule has 0 saturated heterocycles. The van der Waals surface area contributed by atoms with E-state index in [2.05, 4.69) is 54.7 Å². The van der Waals surface area contributed by atoms with Crippen molar-refractivity contribution in [1.82, 2.24) is 10.3 Å². The average Bonchev–Trinajstić information content (AvgIpc) is 2.90. The van der Waals surface area contributed by atoms with Crippen molar-refractivity contribution < 1.29 is 0 Å². The fraction of sp³-hybridized carbons (Fsp3) is 0.235. The van der Waals surface area contributed by atoms with Gasteiger partial charge in [-0.25, -0.2) is 4.98 Å². The molecule has 1 unspecified atom stereocenters. The van der Waals surface area contributed by atoms with Crippen molar-refractivity contribution in [2.24, 2.45) is 0 Å². The number of nitrogens with zero attached hydrogens (tertiary/aromatic N) is 1. The Kier molecular flexibility index (Phi) is 3.81. The first-order valence-electron chi connectivity index (χ1n) is 6.84. The molecule has 0 aliphatic rings. The lowest BCUT2D eigenvalue weighted by Crippen LogP contribution is -2.18. The van der Waals surface area contributed by atoms with Crippen LogP contribution in [0.1, 0.15) is 22.2 Å². The van der Waals surface area contributed by atoms with Gasteiger partial charge in [-0.3, -0.25) is 0 Å². The van der Waals surface area contributed by atoms with Gasteiger partial charge in [0.05, 0.1) is 16.3 Å². The molecule has 0 bridgehead atoms. The molecule has 0 amide bonds. The monoisotopic (exact) mass is 282 g/mol. The minimum absolute atomic E-state index is 0.273. The second kappa shape index (κ2) is 5.73. The van der Waals surface area contributed by atoms with E-state index in [0.29, 0.717) is 0 Å². The van der Waals surface area contributed by atoms with Gasteiger partial charge in [0.2, 0.25) is 0 Å². The summed E-state index contributed by atoms with van der Waals surface area (Å²) in [6.45, 7) is 2.12. The summed E-state index contributed by atoms with van der Waals surface area (Å²) in [7, 11) is 2.00. The zero-order valence-electron chi connectivity index (χ0n) is 11.8. The maximum atomic E-state index is 4.75. The Morgan fingerprint density at radius 2 is 1.85 bits per heavy atom. The lowest BCUT2D eigenvalue weighted by Gasteiger charge is -2.13. The van der Waals surface area contributed by atoms with E-state index in [0.717, 1.165) is 16.9 Å². The summed E-state index contributed by atoms with van der Waals surface area (Å²) in [5, 5.41) is 4.55. The van der Waals surface area contributed by atoms with E-state index in [1.54, 1.807) is 11.3 Å². The SMILES string of the molecule is CNC(Cc1ccc(C)cc1)c1nc2ccccc2s1. The Bertz CT molecular complexity index is 667. The normalized spacial score (nSPS) is 12.7. The number of benzene rings is 2. The van der Waals surface area contributed by atoms with Gasteiger partial charge >= 0.3 is 0 Å². The first-order chi connectivity index (χ1) is 9.76. The highest BCUT2D eigenvalue weighted by Gasteiger charge is 2.14. The highest BCUT2D eigenvalue weighted by molar-refractivity contribution is 7.18. The first-order valence-corrected chi connectivity index (χ1v) is 7.66. The Balaban J connectivity index is 1.87. The van der Waals surface area contributed by atoms with Crippen LogP contribution in [-0.4, -0.2) is 12.0 Å². The number of hydrogen-bond donors (Lipinski definition) is 1. The summed E-state index contributed by atoms with van der Waals surface area (Å²) >= 11 is 1.78. The Morgan fingerprint density at radius 3 is 2.55 bits per heavy atom. The lowest BCUT2D eigenvalue weighted by molar-refractivity contribution is 0.589. The predicted octanol–water partition coefficient (Wildman–Crippen LogP) is 4.11. The van der Waals surface area contributed by atoms with Gasteiger partial charge in [-0.05, 0) is 38.1 Å². The molecule has 102 valence electrons. The number of rotatable bonds is 4. The number of para-hydroxylation sites is 1. The van der Waals surface area contributed by atoms with Crippen molar-refractivity contribution in [2.75, 3.05) is 7.05 Å². The van der Waals surface area contributed by atoms with Crippen LogP contribution < -0.4 is 5.32 Å². The number of hydrogen-bond acceptors (Lipinski definition) is 3. The van der Waals surface area contributed by atoms with Gasteiger partial charge in [0.25, 0.3) is 0 Å². The van der Waals surface area contributed by atoms with E-state index in [1.165, 1.54) is 15.8 Å². The van der Waals surface area contributed by atoms with Crippen LogP contribution in [0.3, 0.4) is 0 Å². The highest BCUT2D eigenvalue weighted by Crippen LogP contribution is 2.28. The Labute approximate surface area is 123 Å². The van der Waals surface area contributed by atoms with Crippen molar-refractivity contribution in [2.45, 2.75) is 19.4 Å². The Morgan fingerprint density at radius 1 is 1.10 bits per heavy atom. The molecule has 1 aromatic heterocycles. The summed E-state index contributed by atoms with van der Waals surface area (Å²) in [6.07, 6.45) is 0.969. The molecule has 0 aliphatic heterocycles.